The van der Waals surface area contributed by atoms with E-state index in [-0.39, 0.29) is 18.4 Å². The zero-order valence-corrected chi connectivity index (χ0v) is 25.9. The Hall–Kier alpha value is -3.72. The minimum absolute atomic E-state index is 0.169. The lowest BCUT2D eigenvalue weighted by molar-refractivity contribution is 0.0607. The number of amides is 2. The van der Waals surface area contributed by atoms with Gasteiger partial charge in [-0.25, -0.2) is 0 Å². The van der Waals surface area contributed by atoms with Crippen LogP contribution in [0.15, 0.2) is 60.8 Å². The van der Waals surface area contributed by atoms with Crippen molar-refractivity contribution in [3.05, 3.63) is 76.9 Å². The number of imide groups is 1. The van der Waals surface area contributed by atoms with E-state index in [1.807, 2.05) is 54.6 Å². The Labute approximate surface area is 263 Å². The standard InChI is InChI=1S/C35H40ClN5O3/c36-25-10-11-26-30(14-16-38-31(26)24-25)37-15-5-3-1-2-4-6-17-41-34(43)28-9-7-8-27-32(13-12-29(33(27)28)35(41)44)40-20-18-39(19-21-40)22-23-42/h7-14,16,24,42H,1-6,15,17-23H2,(H,37,38). The van der Waals surface area contributed by atoms with Gasteiger partial charge in [0.1, 0.15) is 0 Å². The molecule has 44 heavy (non-hydrogen) atoms. The lowest BCUT2D eigenvalue weighted by Crippen LogP contribution is -2.47. The number of nitrogens with zero attached hydrogens (tertiary/aromatic N) is 4. The lowest BCUT2D eigenvalue weighted by Gasteiger charge is -2.37. The van der Waals surface area contributed by atoms with Crippen LogP contribution in [0.25, 0.3) is 21.7 Å². The first-order valence-corrected chi connectivity index (χ1v) is 16.2. The van der Waals surface area contributed by atoms with E-state index in [0.29, 0.717) is 29.2 Å². The number of pyridine rings is 1. The van der Waals surface area contributed by atoms with Crippen molar-refractivity contribution >= 4 is 56.5 Å². The summed E-state index contributed by atoms with van der Waals surface area (Å²) in [5.41, 5.74) is 4.28. The molecule has 2 aliphatic heterocycles. The number of hydrogen-bond donors (Lipinski definition) is 2. The van der Waals surface area contributed by atoms with E-state index in [1.165, 1.54) is 4.90 Å². The van der Waals surface area contributed by atoms with Crippen LogP contribution in [0.2, 0.25) is 5.02 Å². The zero-order chi connectivity index (χ0) is 30.5. The second-order valence-corrected chi connectivity index (χ2v) is 12.2. The van der Waals surface area contributed by atoms with Gasteiger partial charge in [0.25, 0.3) is 11.8 Å². The Balaban J connectivity index is 0.974. The molecular formula is C35H40ClN5O3. The first kappa shape index (κ1) is 30.3. The summed E-state index contributed by atoms with van der Waals surface area (Å²) in [4.78, 5) is 37.5. The molecule has 2 aliphatic rings. The summed E-state index contributed by atoms with van der Waals surface area (Å²) < 4.78 is 0. The van der Waals surface area contributed by atoms with Crippen molar-refractivity contribution in [3.63, 3.8) is 0 Å². The molecule has 4 aromatic rings. The number of fused-ring (bicyclic) bond motifs is 1. The summed E-state index contributed by atoms with van der Waals surface area (Å²) in [5.74, 6) is -0.370. The van der Waals surface area contributed by atoms with Gasteiger partial charge in [-0.2, -0.15) is 0 Å². The maximum absolute atomic E-state index is 13.5. The highest BCUT2D eigenvalue weighted by atomic mass is 35.5. The molecular weight excluding hydrogens is 574 g/mol. The first-order valence-electron chi connectivity index (χ1n) is 15.8. The average molecular weight is 614 g/mol. The molecule has 0 saturated carbocycles. The monoisotopic (exact) mass is 613 g/mol. The van der Waals surface area contributed by atoms with Crippen molar-refractivity contribution in [2.24, 2.45) is 0 Å². The third-order valence-electron chi connectivity index (χ3n) is 8.93. The number of nitrogens with one attached hydrogen (secondary N) is 1. The van der Waals surface area contributed by atoms with Crippen LogP contribution >= 0.6 is 11.6 Å². The van der Waals surface area contributed by atoms with Crippen molar-refractivity contribution in [2.75, 3.05) is 62.6 Å². The van der Waals surface area contributed by atoms with E-state index in [4.69, 9.17) is 11.6 Å². The second-order valence-electron chi connectivity index (χ2n) is 11.7. The van der Waals surface area contributed by atoms with E-state index < -0.39 is 0 Å². The fourth-order valence-corrected chi connectivity index (χ4v) is 6.73. The minimum Gasteiger partial charge on any atom is -0.395 e. The number of aliphatic hydroxyl groups is 1. The predicted octanol–water partition coefficient (Wildman–Crippen LogP) is 6.20. The number of carbonyl (C=O) groups is 2. The number of anilines is 2. The van der Waals surface area contributed by atoms with Crippen LogP contribution in [0, 0.1) is 0 Å². The highest BCUT2D eigenvalue weighted by molar-refractivity contribution is 6.31. The number of halogens is 1. The van der Waals surface area contributed by atoms with Gasteiger partial charge in [-0.3, -0.25) is 24.4 Å². The summed E-state index contributed by atoms with van der Waals surface area (Å²) in [6, 6.07) is 17.5. The number of β-amino-alcohol motifs (C(OH)–C–C–N with tert-alkyl or cyclic N) is 1. The first-order chi connectivity index (χ1) is 21.5. The van der Waals surface area contributed by atoms with E-state index in [2.05, 4.69) is 20.1 Å². The fraction of sp³-hybridized carbons (Fsp3) is 0.400. The van der Waals surface area contributed by atoms with Crippen LogP contribution in [-0.4, -0.2) is 84.1 Å². The largest absolute Gasteiger partial charge is 0.395 e. The molecule has 0 radical (unpaired) electrons. The van der Waals surface area contributed by atoms with E-state index in [9.17, 15) is 14.7 Å². The lowest BCUT2D eigenvalue weighted by atomic mass is 9.92. The van der Waals surface area contributed by atoms with Crippen LogP contribution in [0.4, 0.5) is 11.4 Å². The molecule has 0 aliphatic carbocycles. The fourth-order valence-electron chi connectivity index (χ4n) is 6.56. The van der Waals surface area contributed by atoms with Gasteiger partial charge in [-0.1, -0.05) is 49.4 Å². The third-order valence-corrected chi connectivity index (χ3v) is 9.16. The molecule has 1 saturated heterocycles. The van der Waals surface area contributed by atoms with Crippen LogP contribution in [0.5, 0.6) is 0 Å². The Morgan fingerprint density at radius 3 is 2.34 bits per heavy atom. The van der Waals surface area contributed by atoms with Gasteiger partial charge in [0, 0.05) is 95.7 Å². The van der Waals surface area contributed by atoms with Crippen molar-refractivity contribution in [1.29, 1.82) is 0 Å². The summed E-state index contributed by atoms with van der Waals surface area (Å²) in [6.45, 7) is 5.66. The summed E-state index contributed by atoms with van der Waals surface area (Å²) in [7, 11) is 0. The van der Waals surface area contributed by atoms with Crippen LogP contribution in [0.3, 0.4) is 0 Å². The maximum atomic E-state index is 13.5. The number of hydrogen-bond acceptors (Lipinski definition) is 7. The number of piperazine rings is 1. The Morgan fingerprint density at radius 1 is 0.795 bits per heavy atom. The van der Waals surface area contributed by atoms with Crippen molar-refractivity contribution in [2.45, 2.75) is 38.5 Å². The molecule has 8 nitrogen and oxygen atoms in total. The van der Waals surface area contributed by atoms with Crippen LogP contribution in [-0.2, 0) is 0 Å². The highest BCUT2D eigenvalue weighted by Gasteiger charge is 2.33. The highest BCUT2D eigenvalue weighted by Crippen LogP contribution is 2.36. The predicted molar refractivity (Wildman–Crippen MR) is 178 cm³/mol. The minimum atomic E-state index is -0.185. The molecule has 0 unspecified atom stereocenters. The molecule has 0 atom stereocenters. The molecule has 9 heteroatoms. The number of rotatable bonds is 13. The molecule has 6 rings (SSSR count). The van der Waals surface area contributed by atoms with E-state index >= 15 is 0 Å². The van der Waals surface area contributed by atoms with Gasteiger partial charge in [-0.05, 0) is 55.3 Å². The van der Waals surface area contributed by atoms with Crippen molar-refractivity contribution in [1.82, 2.24) is 14.8 Å². The number of aliphatic hydroxyl groups excluding tert-OH is 1. The van der Waals surface area contributed by atoms with Crippen LogP contribution in [0.1, 0.15) is 59.2 Å². The number of unbranched alkanes of at least 4 members (excludes halogenated alkanes) is 5. The summed E-state index contributed by atoms with van der Waals surface area (Å²) in [5, 5.41) is 16.3. The third kappa shape index (κ3) is 6.39. The van der Waals surface area contributed by atoms with Crippen molar-refractivity contribution < 1.29 is 14.7 Å². The Morgan fingerprint density at radius 2 is 1.55 bits per heavy atom. The van der Waals surface area contributed by atoms with Crippen LogP contribution < -0.4 is 10.2 Å². The number of aromatic nitrogens is 1. The molecule has 1 aromatic heterocycles. The van der Waals surface area contributed by atoms with Gasteiger partial charge in [0.05, 0.1) is 12.1 Å². The van der Waals surface area contributed by atoms with E-state index in [1.54, 1.807) is 6.20 Å². The molecule has 1 fully saturated rings. The smallest absolute Gasteiger partial charge is 0.261 e. The molecule has 3 aromatic carbocycles. The van der Waals surface area contributed by atoms with Gasteiger partial charge in [-0.15, -0.1) is 0 Å². The van der Waals surface area contributed by atoms with E-state index in [0.717, 1.165) is 104 Å². The maximum Gasteiger partial charge on any atom is 0.261 e. The normalized spacial score (nSPS) is 15.5. The second kappa shape index (κ2) is 13.9. The molecule has 0 spiro atoms. The molecule has 2 amide bonds. The van der Waals surface area contributed by atoms with Gasteiger partial charge in [0.2, 0.25) is 0 Å². The number of carbonyl (C=O) groups excluding carboxylic acids is 2. The summed E-state index contributed by atoms with van der Waals surface area (Å²) >= 11 is 6.10. The summed E-state index contributed by atoms with van der Waals surface area (Å²) in [6.07, 6.45) is 7.99. The average Bonchev–Trinajstić information content (AvgIpc) is 3.04. The Bertz CT molecular complexity index is 1630. The van der Waals surface area contributed by atoms with Gasteiger partial charge < -0.3 is 15.3 Å². The zero-order valence-electron chi connectivity index (χ0n) is 25.1. The molecule has 2 N–H and O–H groups in total. The SMILES string of the molecule is O=C1c2cccc3c(N4CCN(CCO)CC4)ccc(c23)C(=O)N1CCCCCCCCNc1ccnc2cc(Cl)ccc12. The molecule has 3 heterocycles. The van der Waals surface area contributed by atoms with Gasteiger partial charge >= 0.3 is 0 Å². The van der Waals surface area contributed by atoms with Crippen molar-refractivity contribution in [3.8, 4) is 0 Å². The molecule has 0 bridgehead atoms. The van der Waals surface area contributed by atoms with Gasteiger partial charge in [0.15, 0.2) is 0 Å². The topological polar surface area (TPSA) is 89.0 Å². The molecule has 230 valence electrons. The quantitative estimate of drug-likeness (QED) is 0.137. The number of benzene rings is 3. The Kier molecular flexibility index (Phi) is 9.60.